The van der Waals surface area contributed by atoms with Gasteiger partial charge in [-0.1, -0.05) is 77.3 Å². The van der Waals surface area contributed by atoms with Crippen LogP contribution in [0.4, 0.5) is 0 Å². The number of ketones is 1. The van der Waals surface area contributed by atoms with Crippen LogP contribution in [-0.2, 0) is 24.8 Å². The summed E-state index contributed by atoms with van der Waals surface area (Å²) >= 11 is 0. The Morgan fingerprint density at radius 3 is 2.10 bits per heavy atom. The molecule has 0 heterocycles. The second-order valence-electron chi connectivity index (χ2n) is 11.4. The van der Waals surface area contributed by atoms with Crippen molar-refractivity contribution in [3.63, 3.8) is 0 Å². The molecule has 0 amide bonds. The fourth-order valence-electron chi connectivity index (χ4n) is 4.23. The molecule has 0 aliphatic carbocycles. The average molecular weight is 571 g/mol. The predicted octanol–water partition coefficient (Wildman–Crippen LogP) is 7.74. The first-order chi connectivity index (χ1) is 18.6. The molecule has 2 atom stereocenters. The van der Waals surface area contributed by atoms with Crippen molar-refractivity contribution >= 4 is 13.6 Å². The maximum Gasteiger partial charge on any atom is 0.472 e. The number of carbonyl (C=O) groups excluding carboxylic acids is 1. The summed E-state index contributed by atoms with van der Waals surface area (Å²) in [4.78, 5) is 22.2. The number of aryl methyl sites for hydroxylation is 1. The molecule has 0 fully saturated rings. The Bertz CT molecular complexity index is 814. The highest BCUT2D eigenvalue weighted by atomic mass is 31.2. The Hall–Kier alpha value is -1.24. The van der Waals surface area contributed by atoms with E-state index in [9.17, 15) is 14.3 Å². The van der Waals surface area contributed by atoms with Gasteiger partial charge in [-0.2, -0.15) is 0 Å². The number of carbonyl (C=O) groups is 1. The van der Waals surface area contributed by atoms with Gasteiger partial charge in [0, 0.05) is 12.8 Å². The van der Waals surface area contributed by atoms with Crippen molar-refractivity contribution in [2.75, 3.05) is 47.0 Å². The topological polar surface area (TPSA) is 82.1 Å². The number of hydrogen-bond acceptors (Lipinski definition) is 5. The van der Waals surface area contributed by atoms with E-state index in [1.807, 2.05) is 33.2 Å². The van der Waals surface area contributed by atoms with Crippen LogP contribution in [0.5, 0.6) is 5.75 Å². The van der Waals surface area contributed by atoms with Crippen LogP contribution >= 0.6 is 7.82 Å². The third-order valence-corrected chi connectivity index (χ3v) is 8.46. The van der Waals surface area contributed by atoms with Crippen LogP contribution in [-0.4, -0.2) is 62.2 Å². The molecule has 226 valence electrons. The number of likely N-dealkylation sites (N-methyl/N-ethyl adjacent to an activating group) is 1. The van der Waals surface area contributed by atoms with Gasteiger partial charge in [-0.15, -0.1) is 0 Å². The molecule has 8 heteroatoms. The first-order valence-electron chi connectivity index (χ1n) is 15.3. The number of ether oxygens (including phenoxy) is 1. The van der Waals surface area contributed by atoms with Crippen LogP contribution in [0.3, 0.4) is 0 Å². The van der Waals surface area contributed by atoms with Gasteiger partial charge in [0.25, 0.3) is 0 Å². The van der Waals surface area contributed by atoms with Crippen molar-refractivity contribution in [3.8, 4) is 5.75 Å². The maximum absolute atomic E-state index is 12.4. The van der Waals surface area contributed by atoms with Gasteiger partial charge in [0.1, 0.15) is 24.7 Å². The number of unbranched alkanes of at least 4 members (excludes halogenated alkanes) is 8. The third kappa shape index (κ3) is 18.7. The van der Waals surface area contributed by atoms with Crippen LogP contribution in [0.1, 0.15) is 103 Å². The number of Topliss-reactive ketones (excluding diaryl/α,β-unsaturated/α-hetero) is 1. The predicted molar refractivity (Wildman–Crippen MR) is 160 cm³/mol. The van der Waals surface area contributed by atoms with E-state index in [4.69, 9.17) is 13.8 Å². The van der Waals surface area contributed by atoms with Crippen LogP contribution in [0.2, 0.25) is 0 Å². The smallest absolute Gasteiger partial charge is 0.472 e. The summed E-state index contributed by atoms with van der Waals surface area (Å²) in [5.74, 6) is 0.856. The van der Waals surface area contributed by atoms with Crippen LogP contribution in [0.15, 0.2) is 24.3 Å². The van der Waals surface area contributed by atoms with E-state index in [-0.39, 0.29) is 24.9 Å². The first-order valence-corrected chi connectivity index (χ1v) is 16.8. The second kappa shape index (κ2) is 20.6. The van der Waals surface area contributed by atoms with Crippen molar-refractivity contribution < 1.29 is 32.5 Å². The normalized spacial score (nSPS) is 14.2. The van der Waals surface area contributed by atoms with Gasteiger partial charge in [0.15, 0.2) is 0 Å². The van der Waals surface area contributed by atoms with E-state index in [2.05, 4.69) is 26.0 Å². The summed E-state index contributed by atoms with van der Waals surface area (Å²) in [7, 11) is -0.0866. The lowest BCUT2D eigenvalue weighted by atomic mass is 9.94. The average Bonchev–Trinajstić information content (AvgIpc) is 2.91. The minimum absolute atomic E-state index is 0.0193. The first kappa shape index (κ1) is 35.8. The summed E-state index contributed by atoms with van der Waals surface area (Å²) in [5, 5.41) is 0. The Balaban J connectivity index is 2.39. The van der Waals surface area contributed by atoms with Crippen LogP contribution < -0.4 is 4.74 Å². The molecule has 39 heavy (non-hydrogen) atoms. The van der Waals surface area contributed by atoms with Gasteiger partial charge in [0.05, 0.1) is 33.9 Å². The zero-order valence-electron chi connectivity index (χ0n) is 25.5. The minimum Gasteiger partial charge on any atom is -0.494 e. The van der Waals surface area contributed by atoms with E-state index in [1.165, 1.54) is 51.4 Å². The number of quaternary nitrogens is 1. The van der Waals surface area contributed by atoms with Crippen molar-refractivity contribution in [3.05, 3.63) is 29.8 Å². The van der Waals surface area contributed by atoms with Gasteiger partial charge in [-0.05, 0) is 49.8 Å². The molecule has 0 aliphatic rings. The molecule has 1 N–H and O–H groups in total. The molecule has 1 aromatic carbocycles. The molecule has 0 radical (unpaired) electrons. The van der Waals surface area contributed by atoms with Gasteiger partial charge < -0.3 is 14.1 Å². The second-order valence-corrected chi connectivity index (χ2v) is 12.8. The SMILES string of the molecule is CCCCCCCCCCCOc1ccc(CCC(COP(=O)(O)OCC[N+](C)(C)CC)CC(=O)CC)cc1. The van der Waals surface area contributed by atoms with Crippen molar-refractivity contribution in [1.29, 1.82) is 0 Å². The molecule has 0 saturated heterocycles. The summed E-state index contributed by atoms with van der Waals surface area (Å²) in [6, 6.07) is 8.10. The zero-order valence-corrected chi connectivity index (χ0v) is 26.4. The van der Waals surface area contributed by atoms with Crippen LogP contribution in [0, 0.1) is 5.92 Å². The third-order valence-electron chi connectivity index (χ3n) is 7.47. The van der Waals surface area contributed by atoms with Gasteiger partial charge in [0.2, 0.25) is 0 Å². The highest BCUT2D eigenvalue weighted by Gasteiger charge is 2.25. The van der Waals surface area contributed by atoms with Crippen LogP contribution in [0.25, 0.3) is 0 Å². The number of nitrogens with zero attached hydrogens (tertiary/aromatic N) is 1. The molecule has 0 saturated carbocycles. The summed E-state index contributed by atoms with van der Waals surface area (Å²) in [5.41, 5.74) is 1.14. The van der Waals surface area contributed by atoms with Gasteiger partial charge >= 0.3 is 7.82 Å². The molecule has 0 bridgehead atoms. The van der Waals surface area contributed by atoms with Crippen molar-refractivity contribution in [1.82, 2.24) is 0 Å². The largest absolute Gasteiger partial charge is 0.494 e. The Morgan fingerprint density at radius 2 is 1.51 bits per heavy atom. The molecular formula is C31H57NO6P+. The van der Waals surface area contributed by atoms with Gasteiger partial charge in [-0.3, -0.25) is 13.8 Å². The lowest BCUT2D eigenvalue weighted by Crippen LogP contribution is -2.41. The van der Waals surface area contributed by atoms with Crippen molar-refractivity contribution in [2.24, 2.45) is 5.92 Å². The van der Waals surface area contributed by atoms with Crippen molar-refractivity contribution in [2.45, 2.75) is 104 Å². The lowest BCUT2D eigenvalue weighted by molar-refractivity contribution is -0.888. The summed E-state index contributed by atoms with van der Waals surface area (Å²) < 4.78 is 29.5. The summed E-state index contributed by atoms with van der Waals surface area (Å²) in [6.45, 7) is 8.56. The molecule has 2 unspecified atom stereocenters. The number of rotatable bonds is 25. The molecule has 0 aromatic heterocycles. The summed E-state index contributed by atoms with van der Waals surface area (Å²) in [6.07, 6.45) is 13.9. The molecule has 1 aromatic rings. The fraction of sp³-hybridized carbons (Fsp3) is 0.774. The number of phosphoric acid groups is 1. The Morgan fingerprint density at radius 1 is 0.897 bits per heavy atom. The van der Waals surface area contributed by atoms with E-state index < -0.39 is 7.82 Å². The van der Waals surface area contributed by atoms with E-state index >= 15 is 0 Å². The lowest BCUT2D eigenvalue weighted by Gasteiger charge is -2.28. The van der Waals surface area contributed by atoms with E-state index in [0.717, 1.165) is 37.3 Å². The number of phosphoric ester groups is 1. The zero-order chi connectivity index (χ0) is 29.0. The molecule has 1 rings (SSSR count). The van der Waals surface area contributed by atoms with E-state index in [0.29, 0.717) is 30.3 Å². The Kier molecular flexibility index (Phi) is 18.9. The molecule has 0 aliphatic heterocycles. The maximum atomic E-state index is 12.4. The molecular weight excluding hydrogens is 513 g/mol. The monoisotopic (exact) mass is 570 g/mol. The molecule has 7 nitrogen and oxygen atoms in total. The highest BCUT2D eigenvalue weighted by molar-refractivity contribution is 7.47. The fourth-order valence-corrected chi connectivity index (χ4v) is 5.02. The number of benzene rings is 1. The quantitative estimate of drug-likeness (QED) is 0.0735. The Labute approximate surface area is 238 Å². The standard InChI is InChI=1S/C31H56NO6P/c1-6-9-10-11-12-13-14-15-16-24-36-31-21-19-28(20-22-31)17-18-29(26-30(33)7-2)27-38-39(34,35)37-25-23-32(4,5)8-3/h19-22,29H,6-18,23-27H2,1-5H3/p+1. The minimum atomic E-state index is -4.16. The number of hydrogen-bond donors (Lipinski definition) is 1. The molecule has 0 spiro atoms. The van der Waals surface area contributed by atoms with E-state index in [1.54, 1.807) is 0 Å². The highest BCUT2D eigenvalue weighted by Crippen LogP contribution is 2.44. The van der Waals surface area contributed by atoms with Gasteiger partial charge in [-0.25, -0.2) is 4.57 Å².